The quantitative estimate of drug-likeness (QED) is 0.797. The average Bonchev–Trinajstić information content (AvgIpc) is 2.54. The molecule has 1 heterocycles. The van der Waals surface area contributed by atoms with Gasteiger partial charge in [-0.15, -0.1) is 0 Å². The van der Waals surface area contributed by atoms with Gasteiger partial charge in [0.25, 0.3) is 0 Å². The van der Waals surface area contributed by atoms with Crippen molar-refractivity contribution in [3.05, 3.63) is 30.1 Å². The summed E-state index contributed by atoms with van der Waals surface area (Å²) in [6.07, 6.45) is 0.133. The topological polar surface area (TPSA) is 42.0 Å². The van der Waals surface area contributed by atoms with Gasteiger partial charge in [0.05, 0.1) is 18.2 Å². The number of likely N-dealkylation sites (N-methyl/N-ethyl adjacent to an activating group) is 1. The van der Waals surface area contributed by atoms with Gasteiger partial charge in [0.2, 0.25) is 5.91 Å². The van der Waals surface area contributed by atoms with Crippen molar-refractivity contribution in [1.82, 2.24) is 9.80 Å². The Hall–Kier alpha value is -1.66. The number of benzene rings is 1. The zero-order valence-corrected chi connectivity index (χ0v) is 14.9. The molecule has 1 aliphatic rings. The second kappa shape index (κ2) is 8.44. The zero-order valence-electron chi connectivity index (χ0n) is 14.9. The van der Waals surface area contributed by atoms with Gasteiger partial charge in [0.1, 0.15) is 18.2 Å². The van der Waals surface area contributed by atoms with E-state index in [0.29, 0.717) is 32.0 Å². The van der Waals surface area contributed by atoms with Gasteiger partial charge >= 0.3 is 0 Å². The highest BCUT2D eigenvalue weighted by Crippen LogP contribution is 2.14. The third kappa shape index (κ3) is 5.18. The van der Waals surface area contributed by atoms with Crippen molar-refractivity contribution in [3.63, 3.8) is 0 Å². The maximum atomic E-state index is 12.8. The molecule has 3 atom stereocenters. The van der Waals surface area contributed by atoms with E-state index >= 15 is 0 Å². The van der Waals surface area contributed by atoms with Crippen molar-refractivity contribution < 1.29 is 18.7 Å². The Bertz CT molecular complexity index is 528. The maximum Gasteiger partial charge on any atom is 0.239 e. The van der Waals surface area contributed by atoms with Crippen LogP contribution in [0.2, 0.25) is 0 Å². The first kappa shape index (κ1) is 18.7. The molecule has 0 aliphatic carbocycles. The lowest BCUT2D eigenvalue weighted by Crippen LogP contribution is -2.54. The van der Waals surface area contributed by atoms with Crippen LogP contribution in [0.4, 0.5) is 4.39 Å². The Labute approximate surface area is 143 Å². The number of hydrogen-bond donors (Lipinski definition) is 0. The lowest BCUT2D eigenvalue weighted by molar-refractivity contribution is -0.147. The standard InChI is InChI=1S/C18H27FN2O3/c1-13-11-21(12-14(2)24-13)18(22)15(3)20(4)9-10-23-17-7-5-16(19)6-8-17/h5-8,13-15H,9-12H2,1-4H3. The van der Waals surface area contributed by atoms with E-state index in [1.165, 1.54) is 12.1 Å². The molecular weight excluding hydrogens is 311 g/mol. The van der Waals surface area contributed by atoms with Crippen molar-refractivity contribution in [3.8, 4) is 5.75 Å². The number of morpholine rings is 1. The molecule has 0 saturated carbocycles. The second-order valence-corrected chi connectivity index (χ2v) is 6.46. The monoisotopic (exact) mass is 338 g/mol. The van der Waals surface area contributed by atoms with Gasteiger partial charge in [0, 0.05) is 19.6 Å². The van der Waals surface area contributed by atoms with Crippen molar-refractivity contribution in [2.45, 2.75) is 39.0 Å². The van der Waals surface area contributed by atoms with Gasteiger partial charge < -0.3 is 14.4 Å². The second-order valence-electron chi connectivity index (χ2n) is 6.46. The van der Waals surface area contributed by atoms with E-state index < -0.39 is 0 Å². The van der Waals surface area contributed by atoms with Gasteiger partial charge in [-0.25, -0.2) is 4.39 Å². The third-order valence-corrected chi connectivity index (χ3v) is 4.28. The molecule has 5 nitrogen and oxygen atoms in total. The first-order valence-electron chi connectivity index (χ1n) is 8.39. The van der Waals surface area contributed by atoms with E-state index in [4.69, 9.17) is 9.47 Å². The lowest BCUT2D eigenvalue weighted by atomic mass is 10.2. The van der Waals surface area contributed by atoms with Gasteiger partial charge in [0.15, 0.2) is 0 Å². The zero-order chi connectivity index (χ0) is 17.7. The minimum absolute atomic E-state index is 0.0667. The van der Waals surface area contributed by atoms with Gasteiger partial charge in [-0.05, 0) is 52.1 Å². The number of ether oxygens (including phenoxy) is 2. The van der Waals surface area contributed by atoms with Crippen LogP contribution in [0.5, 0.6) is 5.75 Å². The van der Waals surface area contributed by atoms with Crippen molar-refractivity contribution in [1.29, 1.82) is 0 Å². The highest BCUT2D eigenvalue weighted by molar-refractivity contribution is 5.81. The van der Waals surface area contributed by atoms with Crippen LogP contribution in [0.3, 0.4) is 0 Å². The fourth-order valence-electron chi connectivity index (χ4n) is 2.84. The maximum absolute atomic E-state index is 12.8. The molecule has 1 aliphatic heterocycles. The molecule has 0 aromatic heterocycles. The van der Waals surface area contributed by atoms with Gasteiger partial charge in [-0.1, -0.05) is 0 Å². The molecule has 3 unspecified atom stereocenters. The summed E-state index contributed by atoms with van der Waals surface area (Å²) in [6.45, 7) is 8.20. The van der Waals surface area contributed by atoms with Crippen LogP contribution in [0.25, 0.3) is 0 Å². The molecule has 0 radical (unpaired) electrons. The first-order chi connectivity index (χ1) is 11.4. The fraction of sp³-hybridized carbons (Fsp3) is 0.611. The molecule has 1 aromatic carbocycles. The summed E-state index contributed by atoms with van der Waals surface area (Å²) in [5, 5.41) is 0. The average molecular weight is 338 g/mol. The molecule has 6 heteroatoms. The predicted octanol–water partition coefficient (Wildman–Crippen LogP) is 2.16. The highest BCUT2D eigenvalue weighted by Gasteiger charge is 2.30. The van der Waals surface area contributed by atoms with Crippen molar-refractivity contribution in [2.24, 2.45) is 0 Å². The molecule has 1 amide bonds. The molecule has 1 aromatic rings. The number of carbonyl (C=O) groups excluding carboxylic acids is 1. The van der Waals surface area contributed by atoms with E-state index in [2.05, 4.69) is 0 Å². The van der Waals surface area contributed by atoms with Crippen molar-refractivity contribution in [2.75, 3.05) is 33.3 Å². The van der Waals surface area contributed by atoms with E-state index in [0.717, 1.165) is 0 Å². The molecule has 1 saturated heterocycles. The van der Waals surface area contributed by atoms with E-state index in [1.807, 2.05) is 37.6 Å². The van der Waals surface area contributed by atoms with Crippen LogP contribution in [-0.2, 0) is 9.53 Å². The fourth-order valence-corrected chi connectivity index (χ4v) is 2.84. The molecule has 24 heavy (non-hydrogen) atoms. The largest absolute Gasteiger partial charge is 0.492 e. The van der Waals surface area contributed by atoms with Crippen LogP contribution in [0.15, 0.2) is 24.3 Å². The van der Waals surface area contributed by atoms with E-state index in [1.54, 1.807) is 12.1 Å². The van der Waals surface area contributed by atoms with Gasteiger partial charge in [-0.2, -0.15) is 0 Å². The summed E-state index contributed by atoms with van der Waals surface area (Å²) in [6, 6.07) is 5.71. The number of carbonyl (C=O) groups is 1. The lowest BCUT2D eigenvalue weighted by Gasteiger charge is -2.38. The Morgan fingerprint density at radius 2 is 1.92 bits per heavy atom. The SMILES string of the molecule is CC1CN(C(=O)C(C)N(C)CCOc2ccc(F)cc2)CC(C)O1. The van der Waals surface area contributed by atoms with Gasteiger partial charge in [-0.3, -0.25) is 9.69 Å². The van der Waals surface area contributed by atoms with Crippen LogP contribution in [0.1, 0.15) is 20.8 Å². The minimum Gasteiger partial charge on any atom is -0.492 e. The summed E-state index contributed by atoms with van der Waals surface area (Å²) in [5.41, 5.74) is 0. The van der Waals surface area contributed by atoms with Crippen LogP contribution < -0.4 is 4.74 Å². The number of amides is 1. The molecule has 134 valence electrons. The molecule has 1 fully saturated rings. The van der Waals surface area contributed by atoms with Crippen LogP contribution in [0, 0.1) is 5.82 Å². The predicted molar refractivity (Wildman–Crippen MR) is 90.6 cm³/mol. The Morgan fingerprint density at radius 1 is 1.33 bits per heavy atom. The minimum atomic E-state index is -0.285. The van der Waals surface area contributed by atoms with Crippen molar-refractivity contribution >= 4 is 5.91 Å². The highest BCUT2D eigenvalue weighted by atomic mass is 19.1. The molecule has 0 N–H and O–H groups in total. The summed E-state index contributed by atoms with van der Waals surface area (Å²) < 4.78 is 24.1. The third-order valence-electron chi connectivity index (χ3n) is 4.28. The number of rotatable bonds is 6. The summed E-state index contributed by atoms with van der Waals surface area (Å²) >= 11 is 0. The number of nitrogens with zero attached hydrogens (tertiary/aromatic N) is 2. The smallest absolute Gasteiger partial charge is 0.239 e. The molecule has 2 rings (SSSR count). The summed E-state index contributed by atoms with van der Waals surface area (Å²) in [7, 11) is 1.91. The molecular formula is C18H27FN2O3. The van der Waals surface area contributed by atoms with E-state index in [-0.39, 0.29) is 30.0 Å². The van der Waals surface area contributed by atoms with Crippen LogP contribution in [-0.4, -0.2) is 67.2 Å². The normalized spacial score (nSPS) is 22.5. The van der Waals surface area contributed by atoms with Crippen LogP contribution >= 0.6 is 0 Å². The Morgan fingerprint density at radius 3 is 2.50 bits per heavy atom. The summed E-state index contributed by atoms with van der Waals surface area (Å²) in [4.78, 5) is 16.5. The Balaban J connectivity index is 1.79. The number of halogens is 1. The molecule has 0 bridgehead atoms. The first-order valence-corrected chi connectivity index (χ1v) is 8.39. The Kier molecular flexibility index (Phi) is 6.57. The summed E-state index contributed by atoms with van der Waals surface area (Å²) in [5.74, 6) is 0.452. The number of hydrogen-bond acceptors (Lipinski definition) is 4. The van der Waals surface area contributed by atoms with E-state index in [9.17, 15) is 9.18 Å². The molecule has 0 spiro atoms.